The van der Waals surface area contributed by atoms with Crippen molar-refractivity contribution in [3.8, 4) is 33.5 Å². The van der Waals surface area contributed by atoms with Gasteiger partial charge in [-0.15, -0.1) is 70.6 Å². The van der Waals surface area contributed by atoms with Crippen LogP contribution in [0.3, 0.4) is 0 Å². The van der Waals surface area contributed by atoms with E-state index < -0.39 is 65.3 Å². The third kappa shape index (κ3) is 24.3. The molecule has 654 valence electrons. The standard InChI is InChI=1S/3C18H16N2O2S.2C16H17NO2S.C15H15NO2S/c1-18(2,17(21)22)23-16-7-10-20-15-4-3-13(11-14(15)16)12-5-8-19-9-6-12;1-18(2,17(21)22)23-16-7-9-20-15-6-5-12(10-14(15)16)13-4-3-8-19-11-13;1-18(2,17(21)22)23-16-8-10-20-15-7-6-12(11-13(15)16)14-5-3-4-9-19-14;1-16(2,15(18)19)20-14-7-8-17-13-6-5-11(9-12(13)14)10-3-4-10;1-2-14(16(18)19)20-15-7-8-17-13-6-5-11(9-12(13)15)10-3-4-10;1-9(15(17)18)19-14-6-7-16-13-5-4-11(8-12(13)14)10-2-3-10/h3*3-11H,1-2H3,(H,21,22);5-10H,3-4H2,1-2H3,(H,18,19);5-10,14H,2-4H2,1H3,(H,18,19);4-10H,2-3H2,1H3,(H,17,18). The van der Waals surface area contributed by atoms with Gasteiger partial charge in [0.15, 0.2) is 0 Å². The van der Waals surface area contributed by atoms with Crippen molar-refractivity contribution in [3.63, 3.8) is 0 Å². The molecule has 3 aliphatic carbocycles. The van der Waals surface area contributed by atoms with Gasteiger partial charge in [0.2, 0.25) is 0 Å². The van der Waals surface area contributed by atoms with Crippen molar-refractivity contribution in [2.45, 2.75) is 191 Å². The molecule has 128 heavy (non-hydrogen) atoms. The Balaban J connectivity index is 0.000000131. The number of carbonyl (C=O) groups is 6. The Kier molecular flexibility index (Phi) is 30.4. The second kappa shape index (κ2) is 41.5. The lowest BCUT2D eigenvalue weighted by molar-refractivity contribution is -0.139. The number of fused-ring (bicyclic) bond motifs is 6. The van der Waals surface area contributed by atoms with E-state index in [0.29, 0.717) is 24.2 Å². The number of hydrogen-bond donors (Lipinski definition) is 6. The number of benzene rings is 6. The molecular formula is C101H97N9O12S6. The Morgan fingerprint density at radius 1 is 0.320 bits per heavy atom. The number of thioether (sulfide) groups is 6. The molecule has 0 radical (unpaired) electrons. The number of pyridine rings is 9. The summed E-state index contributed by atoms with van der Waals surface area (Å²) in [7, 11) is 0. The van der Waals surface area contributed by atoms with Crippen LogP contribution in [-0.4, -0.2) is 141 Å². The van der Waals surface area contributed by atoms with Crippen LogP contribution in [0.5, 0.6) is 0 Å². The molecule has 9 aromatic heterocycles. The molecule has 15 aromatic rings. The van der Waals surface area contributed by atoms with E-state index in [1.165, 1.54) is 126 Å². The molecule has 0 aliphatic heterocycles. The number of hydrogen-bond acceptors (Lipinski definition) is 21. The molecule has 6 N–H and O–H groups in total. The number of carboxylic acids is 6. The highest BCUT2D eigenvalue weighted by atomic mass is 32.2. The first-order chi connectivity index (χ1) is 61.2. The smallest absolute Gasteiger partial charge is 0.319 e. The van der Waals surface area contributed by atoms with Gasteiger partial charge in [0.05, 0.1) is 38.8 Å². The lowest BCUT2D eigenvalue weighted by Gasteiger charge is -2.19. The van der Waals surface area contributed by atoms with Gasteiger partial charge in [0.25, 0.3) is 0 Å². The van der Waals surface area contributed by atoms with Crippen LogP contribution in [0.15, 0.2) is 286 Å². The van der Waals surface area contributed by atoms with E-state index in [0.717, 1.165) is 128 Å². The Bertz CT molecular complexity index is 6240. The molecule has 0 spiro atoms. The van der Waals surface area contributed by atoms with Crippen LogP contribution < -0.4 is 0 Å². The monoisotopic (exact) mass is 1820 g/mol. The van der Waals surface area contributed by atoms with Crippen LogP contribution in [0.1, 0.15) is 149 Å². The zero-order valence-electron chi connectivity index (χ0n) is 72.2. The van der Waals surface area contributed by atoms with Crippen molar-refractivity contribution in [1.82, 2.24) is 44.9 Å². The highest BCUT2D eigenvalue weighted by molar-refractivity contribution is 8.02. The van der Waals surface area contributed by atoms with Crippen LogP contribution in [-0.2, 0) is 28.8 Å². The first kappa shape index (κ1) is 93.8. The fraction of sp³-hybridized carbons (Fsp3) is 0.257. The van der Waals surface area contributed by atoms with Crippen molar-refractivity contribution >= 4 is 172 Å². The maximum atomic E-state index is 11.4. The molecule has 3 saturated carbocycles. The van der Waals surface area contributed by atoms with E-state index in [-0.39, 0.29) is 0 Å². The summed E-state index contributed by atoms with van der Waals surface area (Å²) in [4.78, 5) is 112. The lowest BCUT2D eigenvalue weighted by Crippen LogP contribution is -2.26. The highest BCUT2D eigenvalue weighted by Crippen LogP contribution is 2.47. The fourth-order valence-electron chi connectivity index (χ4n) is 13.5. The van der Waals surface area contributed by atoms with Crippen LogP contribution in [0, 0.1) is 0 Å². The van der Waals surface area contributed by atoms with E-state index in [1.54, 1.807) is 124 Å². The van der Waals surface area contributed by atoms with E-state index in [4.69, 9.17) is 5.11 Å². The molecule has 21 nitrogen and oxygen atoms in total. The molecule has 0 saturated heterocycles. The largest absolute Gasteiger partial charge is 0.480 e. The van der Waals surface area contributed by atoms with Gasteiger partial charge in [0, 0.05) is 141 Å². The van der Waals surface area contributed by atoms with Gasteiger partial charge in [0.1, 0.15) is 29.5 Å². The van der Waals surface area contributed by atoms with Gasteiger partial charge in [-0.25, -0.2) is 0 Å². The zero-order valence-corrected chi connectivity index (χ0v) is 77.1. The summed E-state index contributed by atoms with van der Waals surface area (Å²) in [6.45, 7) is 17.3. The van der Waals surface area contributed by atoms with Gasteiger partial charge >= 0.3 is 35.8 Å². The first-order valence-corrected chi connectivity index (χ1v) is 46.8. The van der Waals surface area contributed by atoms with E-state index >= 15 is 0 Å². The molecule has 2 unspecified atom stereocenters. The molecular weight excluding hydrogens is 1720 g/mol. The maximum absolute atomic E-state index is 11.4. The molecule has 9 heterocycles. The predicted octanol–water partition coefficient (Wildman–Crippen LogP) is 24.6. The third-order valence-corrected chi connectivity index (χ3v) is 29.1. The SMILES string of the molecule is CC(C)(Sc1ccnc2ccc(-c3ccccn3)cc12)C(=O)O.CC(C)(Sc1ccnc2ccc(-c3cccnc3)cc12)C(=O)O.CC(C)(Sc1ccnc2ccc(-c3ccncc3)cc12)C(=O)O.CC(C)(Sc1ccnc2ccc(C3CC3)cc12)C(=O)O.CC(Sc1ccnc2ccc(C3CC3)cc12)C(=O)O.CCC(Sc1ccnc2ccc(C3CC3)cc12)C(=O)O. The number of carboxylic acid groups (broad SMARTS) is 6. The minimum absolute atomic E-state index is 0.398. The Morgan fingerprint density at radius 3 is 0.984 bits per heavy atom. The minimum Gasteiger partial charge on any atom is -0.480 e. The molecule has 3 fully saturated rings. The zero-order chi connectivity index (χ0) is 91.2. The van der Waals surface area contributed by atoms with Crippen LogP contribution >= 0.6 is 70.6 Å². The Labute approximate surface area is 767 Å². The van der Waals surface area contributed by atoms with Crippen molar-refractivity contribution in [3.05, 3.63) is 273 Å². The summed E-state index contributed by atoms with van der Waals surface area (Å²) in [5.74, 6) is -2.77. The van der Waals surface area contributed by atoms with Gasteiger partial charge in [-0.2, -0.15) is 0 Å². The maximum Gasteiger partial charge on any atom is 0.319 e. The second-order valence-electron chi connectivity index (χ2n) is 33.0. The van der Waals surface area contributed by atoms with Gasteiger partial charge < -0.3 is 30.6 Å². The Hall–Kier alpha value is -11.9. The molecule has 2 atom stereocenters. The predicted molar refractivity (Wildman–Crippen MR) is 517 cm³/mol. The van der Waals surface area contributed by atoms with Crippen molar-refractivity contribution < 1.29 is 59.4 Å². The van der Waals surface area contributed by atoms with Crippen LogP contribution in [0.25, 0.3) is 98.9 Å². The normalized spacial score (nSPS) is 13.6. The summed E-state index contributed by atoms with van der Waals surface area (Å²) >= 11 is 8.19. The van der Waals surface area contributed by atoms with Crippen molar-refractivity contribution in [2.75, 3.05) is 0 Å². The van der Waals surface area contributed by atoms with Gasteiger partial charge in [-0.3, -0.25) is 73.6 Å². The summed E-state index contributed by atoms with van der Waals surface area (Å²) < 4.78 is -3.56. The second-order valence-corrected chi connectivity index (χ2v) is 42.3. The Morgan fingerprint density at radius 2 is 0.656 bits per heavy atom. The topological polar surface area (TPSA) is 340 Å². The molecule has 0 bridgehead atoms. The van der Waals surface area contributed by atoms with E-state index in [2.05, 4.69) is 93.4 Å². The average Bonchev–Trinajstić information content (AvgIpc) is 1.77. The third-order valence-electron chi connectivity index (χ3n) is 21.5. The van der Waals surface area contributed by atoms with E-state index in [1.807, 2.05) is 153 Å². The summed E-state index contributed by atoms with van der Waals surface area (Å²) in [5, 5.41) is 60.9. The van der Waals surface area contributed by atoms with Gasteiger partial charge in [-0.05, 0) is 298 Å². The number of aromatic nitrogens is 9. The molecule has 6 aromatic carbocycles. The highest BCUT2D eigenvalue weighted by Gasteiger charge is 2.34. The molecule has 18 rings (SSSR count). The fourth-order valence-corrected chi connectivity index (χ4v) is 19.5. The van der Waals surface area contributed by atoms with Crippen molar-refractivity contribution in [2.24, 2.45) is 0 Å². The van der Waals surface area contributed by atoms with Crippen LogP contribution in [0.4, 0.5) is 0 Å². The molecule has 27 heteroatoms. The quantitative estimate of drug-likeness (QED) is 0.0289. The number of aliphatic carboxylic acids is 6. The summed E-state index contributed by atoms with van der Waals surface area (Å²) in [5.41, 5.74) is 15.5. The number of rotatable bonds is 25. The lowest BCUT2D eigenvalue weighted by atomic mass is 10.0. The molecule has 3 aliphatic rings. The first-order valence-electron chi connectivity index (χ1n) is 41.8. The molecule has 0 amide bonds. The average molecular weight is 1820 g/mol. The summed E-state index contributed by atoms with van der Waals surface area (Å²) in [6, 6.07) is 62.0. The van der Waals surface area contributed by atoms with Crippen molar-refractivity contribution in [1.29, 1.82) is 0 Å². The minimum atomic E-state index is -0.907. The van der Waals surface area contributed by atoms with E-state index in [9.17, 15) is 54.3 Å². The summed E-state index contributed by atoms with van der Waals surface area (Å²) in [6.07, 6.45) is 27.4. The van der Waals surface area contributed by atoms with Gasteiger partial charge in [-0.1, -0.05) is 55.5 Å². The van der Waals surface area contributed by atoms with Crippen LogP contribution in [0.2, 0.25) is 0 Å². The number of nitrogens with zero attached hydrogens (tertiary/aromatic N) is 9.